The molecule has 0 radical (unpaired) electrons. The third-order valence-corrected chi connectivity index (χ3v) is 2.48. The summed E-state index contributed by atoms with van der Waals surface area (Å²) in [7, 11) is 0. The number of rotatable bonds is 3. The van der Waals surface area contributed by atoms with Crippen LogP contribution in [0.3, 0.4) is 0 Å². The maximum Gasteiger partial charge on any atom is 0.178 e. The Bertz CT molecular complexity index is 218. The van der Waals surface area contributed by atoms with Gasteiger partial charge in [0, 0.05) is 19.0 Å². The van der Waals surface area contributed by atoms with Crippen molar-refractivity contribution in [3.05, 3.63) is 11.8 Å². The Morgan fingerprint density at radius 1 is 1.62 bits per heavy atom. The summed E-state index contributed by atoms with van der Waals surface area (Å²) < 4.78 is 0. The molecule has 1 rings (SSSR count). The molecular weight excluding hydrogens is 162 g/mol. The van der Waals surface area contributed by atoms with E-state index in [0.29, 0.717) is 12.5 Å². The summed E-state index contributed by atoms with van der Waals surface area (Å²) in [5.74, 6) is 0.286. The highest BCUT2D eigenvalue weighted by atomic mass is 16.1. The SMILES string of the molecule is CCC(=O)C1=CCCCN1C(C)C. The first-order chi connectivity index (χ1) is 6.16. The number of nitrogens with zero attached hydrogens (tertiary/aromatic N) is 1. The Hall–Kier alpha value is -0.790. The van der Waals surface area contributed by atoms with Gasteiger partial charge < -0.3 is 4.90 Å². The lowest BCUT2D eigenvalue weighted by molar-refractivity contribution is -0.117. The molecule has 0 saturated heterocycles. The molecule has 1 aliphatic heterocycles. The maximum absolute atomic E-state index is 11.6. The van der Waals surface area contributed by atoms with E-state index in [1.807, 2.05) is 6.92 Å². The molecule has 0 aromatic rings. The third kappa shape index (κ3) is 2.33. The van der Waals surface area contributed by atoms with Crippen LogP contribution in [0.5, 0.6) is 0 Å². The van der Waals surface area contributed by atoms with Gasteiger partial charge in [-0.2, -0.15) is 0 Å². The largest absolute Gasteiger partial charge is 0.366 e. The predicted octanol–water partition coefficient (Wildman–Crippen LogP) is 2.35. The summed E-state index contributed by atoms with van der Waals surface area (Å²) in [5, 5.41) is 0. The summed E-state index contributed by atoms with van der Waals surface area (Å²) in [6.45, 7) is 7.25. The van der Waals surface area contributed by atoms with Gasteiger partial charge in [0.1, 0.15) is 0 Å². The van der Waals surface area contributed by atoms with Crippen molar-refractivity contribution in [2.75, 3.05) is 6.54 Å². The molecular formula is C11H19NO. The second-order valence-electron chi connectivity index (χ2n) is 3.80. The number of ketones is 1. The predicted molar refractivity (Wildman–Crippen MR) is 54.5 cm³/mol. The zero-order valence-electron chi connectivity index (χ0n) is 8.84. The molecule has 0 bridgehead atoms. The van der Waals surface area contributed by atoms with E-state index in [2.05, 4.69) is 24.8 Å². The second kappa shape index (κ2) is 4.45. The molecule has 0 N–H and O–H groups in total. The molecule has 0 saturated carbocycles. The zero-order chi connectivity index (χ0) is 9.84. The van der Waals surface area contributed by atoms with Crippen molar-refractivity contribution in [1.82, 2.24) is 4.90 Å². The lowest BCUT2D eigenvalue weighted by Gasteiger charge is -2.33. The standard InChI is InChI=1S/C11H19NO/c1-4-11(13)10-7-5-6-8-12(10)9(2)3/h7,9H,4-6,8H2,1-3H3. The van der Waals surface area contributed by atoms with Crippen molar-refractivity contribution in [1.29, 1.82) is 0 Å². The molecule has 0 aromatic heterocycles. The number of hydrogen-bond acceptors (Lipinski definition) is 2. The zero-order valence-corrected chi connectivity index (χ0v) is 8.84. The Morgan fingerprint density at radius 3 is 2.85 bits per heavy atom. The summed E-state index contributed by atoms with van der Waals surface area (Å²) in [6, 6.07) is 0.446. The van der Waals surface area contributed by atoms with Crippen LogP contribution in [0.25, 0.3) is 0 Å². The van der Waals surface area contributed by atoms with Gasteiger partial charge in [-0.05, 0) is 26.7 Å². The van der Waals surface area contributed by atoms with Crippen LogP contribution in [-0.2, 0) is 4.79 Å². The Kier molecular flexibility index (Phi) is 3.52. The molecule has 0 atom stereocenters. The maximum atomic E-state index is 11.6. The van der Waals surface area contributed by atoms with Gasteiger partial charge in [0.15, 0.2) is 5.78 Å². The highest BCUT2D eigenvalue weighted by molar-refractivity contribution is 5.94. The smallest absolute Gasteiger partial charge is 0.178 e. The molecule has 0 unspecified atom stereocenters. The fourth-order valence-corrected chi connectivity index (χ4v) is 1.73. The van der Waals surface area contributed by atoms with E-state index >= 15 is 0 Å². The van der Waals surface area contributed by atoms with Crippen molar-refractivity contribution in [3.63, 3.8) is 0 Å². The Morgan fingerprint density at radius 2 is 2.31 bits per heavy atom. The van der Waals surface area contributed by atoms with Crippen LogP contribution in [0, 0.1) is 0 Å². The molecule has 74 valence electrons. The van der Waals surface area contributed by atoms with E-state index in [1.54, 1.807) is 0 Å². The van der Waals surface area contributed by atoms with Gasteiger partial charge in [0.2, 0.25) is 0 Å². The Balaban J connectivity index is 2.77. The van der Waals surface area contributed by atoms with E-state index in [1.165, 1.54) is 6.42 Å². The lowest BCUT2D eigenvalue weighted by Crippen LogP contribution is -2.36. The average Bonchev–Trinajstić information content (AvgIpc) is 2.16. The van der Waals surface area contributed by atoms with E-state index < -0.39 is 0 Å². The van der Waals surface area contributed by atoms with Crippen LogP contribution in [0.15, 0.2) is 11.8 Å². The van der Waals surface area contributed by atoms with E-state index in [9.17, 15) is 4.79 Å². The van der Waals surface area contributed by atoms with Crippen molar-refractivity contribution in [3.8, 4) is 0 Å². The van der Waals surface area contributed by atoms with Gasteiger partial charge in [-0.1, -0.05) is 13.0 Å². The number of carbonyl (C=O) groups is 1. The van der Waals surface area contributed by atoms with Gasteiger partial charge in [-0.3, -0.25) is 4.79 Å². The monoisotopic (exact) mass is 181 g/mol. The van der Waals surface area contributed by atoms with Gasteiger partial charge in [-0.15, -0.1) is 0 Å². The molecule has 0 aliphatic carbocycles. The van der Waals surface area contributed by atoms with E-state index in [0.717, 1.165) is 18.7 Å². The molecule has 1 heterocycles. The van der Waals surface area contributed by atoms with Gasteiger partial charge >= 0.3 is 0 Å². The van der Waals surface area contributed by atoms with Crippen LogP contribution >= 0.6 is 0 Å². The van der Waals surface area contributed by atoms with Crippen LogP contribution in [0.1, 0.15) is 40.0 Å². The van der Waals surface area contributed by atoms with Crippen molar-refractivity contribution >= 4 is 5.78 Å². The van der Waals surface area contributed by atoms with Gasteiger partial charge in [-0.25, -0.2) is 0 Å². The summed E-state index contributed by atoms with van der Waals surface area (Å²) in [6.07, 6.45) is 4.95. The molecule has 0 amide bonds. The van der Waals surface area contributed by atoms with E-state index in [-0.39, 0.29) is 5.78 Å². The quantitative estimate of drug-likeness (QED) is 0.666. The first-order valence-electron chi connectivity index (χ1n) is 5.16. The highest BCUT2D eigenvalue weighted by Crippen LogP contribution is 2.19. The van der Waals surface area contributed by atoms with Crippen LogP contribution in [-0.4, -0.2) is 23.3 Å². The molecule has 13 heavy (non-hydrogen) atoms. The number of allylic oxidation sites excluding steroid dienone is 2. The van der Waals surface area contributed by atoms with Crippen LogP contribution in [0.2, 0.25) is 0 Å². The minimum Gasteiger partial charge on any atom is -0.366 e. The normalized spacial score (nSPS) is 17.5. The number of Topliss-reactive ketones (excluding diaryl/α,β-unsaturated/α-hetero) is 1. The molecule has 2 nitrogen and oxygen atoms in total. The average molecular weight is 181 g/mol. The Labute approximate surface area is 80.6 Å². The minimum absolute atomic E-state index is 0.286. The molecule has 2 heteroatoms. The first-order valence-corrected chi connectivity index (χ1v) is 5.16. The van der Waals surface area contributed by atoms with Crippen LogP contribution in [0.4, 0.5) is 0 Å². The van der Waals surface area contributed by atoms with Crippen molar-refractivity contribution in [2.24, 2.45) is 0 Å². The van der Waals surface area contributed by atoms with Gasteiger partial charge in [0.05, 0.1) is 5.70 Å². The summed E-state index contributed by atoms with van der Waals surface area (Å²) >= 11 is 0. The van der Waals surface area contributed by atoms with Crippen molar-refractivity contribution < 1.29 is 4.79 Å². The van der Waals surface area contributed by atoms with Crippen LogP contribution < -0.4 is 0 Å². The number of hydrogen-bond donors (Lipinski definition) is 0. The second-order valence-corrected chi connectivity index (χ2v) is 3.80. The molecule has 1 aliphatic rings. The fourth-order valence-electron chi connectivity index (χ4n) is 1.73. The van der Waals surface area contributed by atoms with Crippen molar-refractivity contribution in [2.45, 2.75) is 46.1 Å². The third-order valence-electron chi connectivity index (χ3n) is 2.48. The van der Waals surface area contributed by atoms with Gasteiger partial charge in [0.25, 0.3) is 0 Å². The molecule has 0 aromatic carbocycles. The molecule has 0 spiro atoms. The highest BCUT2D eigenvalue weighted by Gasteiger charge is 2.20. The topological polar surface area (TPSA) is 20.3 Å². The first kappa shape index (κ1) is 10.3. The van der Waals surface area contributed by atoms with E-state index in [4.69, 9.17) is 0 Å². The lowest BCUT2D eigenvalue weighted by atomic mass is 10.1. The molecule has 0 fully saturated rings. The summed E-state index contributed by atoms with van der Waals surface area (Å²) in [4.78, 5) is 13.8. The fraction of sp³-hybridized carbons (Fsp3) is 0.727. The minimum atomic E-state index is 0.286. The number of carbonyl (C=O) groups excluding carboxylic acids is 1. The summed E-state index contributed by atoms with van der Waals surface area (Å²) in [5.41, 5.74) is 0.948.